The Hall–Kier alpha value is -0.0800. The average Bonchev–Trinajstić information content (AvgIpc) is 2.83. The van der Waals surface area contributed by atoms with E-state index >= 15 is 0 Å². The standard InChI is InChI=1S/C34H74N2/c1-7-9-11-13-15-16-17-18-19-20-21-22-24-28-32-36(5,6)34-30-26-25-29-33-35(3,4)31-27-23-14-12-10-8-2/h7-34H2,1-6H3/q+2. The van der Waals surface area contributed by atoms with Gasteiger partial charge in [-0.1, -0.05) is 117 Å². The molecule has 0 saturated carbocycles. The van der Waals surface area contributed by atoms with Gasteiger partial charge in [-0.2, -0.15) is 0 Å². The van der Waals surface area contributed by atoms with E-state index in [1.54, 1.807) is 0 Å². The highest BCUT2D eigenvalue weighted by Gasteiger charge is 2.15. The highest BCUT2D eigenvalue weighted by Crippen LogP contribution is 2.15. The Kier molecular flexibility index (Phi) is 25.2. The monoisotopic (exact) mass is 511 g/mol. The molecule has 0 bridgehead atoms. The number of hydrogen-bond acceptors (Lipinski definition) is 0. The van der Waals surface area contributed by atoms with Crippen molar-refractivity contribution in [2.75, 3.05) is 54.4 Å². The van der Waals surface area contributed by atoms with E-state index in [1.807, 2.05) is 0 Å². The Morgan fingerprint density at radius 3 is 0.611 bits per heavy atom. The molecule has 0 aliphatic heterocycles. The number of hydrogen-bond donors (Lipinski definition) is 0. The largest absolute Gasteiger partial charge is 0.328 e. The lowest BCUT2D eigenvalue weighted by Crippen LogP contribution is -2.41. The highest BCUT2D eigenvalue weighted by molar-refractivity contribution is 4.51. The summed E-state index contributed by atoms with van der Waals surface area (Å²) in [6, 6.07) is 0. The van der Waals surface area contributed by atoms with Crippen LogP contribution in [-0.4, -0.2) is 63.3 Å². The number of rotatable bonds is 29. The maximum absolute atomic E-state index is 2.46. The van der Waals surface area contributed by atoms with Gasteiger partial charge in [0, 0.05) is 0 Å². The van der Waals surface area contributed by atoms with E-state index in [4.69, 9.17) is 0 Å². The summed E-state index contributed by atoms with van der Waals surface area (Å²) in [6.45, 7) is 10.1. The fourth-order valence-electron chi connectivity index (χ4n) is 5.71. The van der Waals surface area contributed by atoms with Crippen LogP contribution in [0.1, 0.15) is 168 Å². The normalized spacial score (nSPS) is 12.5. The quantitative estimate of drug-likeness (QED) is 0.0693. The number of quaternary nitrogens is 2. The Bertz CT molecular complexity index is 429. The zero-order valence-electron chi connectivity index (χ0n) is 26.7. The highest BCUT2D eigenvalue weighted by atomic mass is 15.3. The molecule has 36 heavy (non-hydrogen) atoms. The summed E-state index contributed by atoms with van der Waals surface area (Å²) in [5.41, 5.74) is 0. The van der Waals surface area contributed by atoms with Crippen molar-refractivity contribution in [3.63, 3.8) is 0 Å². The summed E-state index contributed by atoms with van der Waals surface area (Å²) in [6.07, 6.45) is 34.6. The van der Waals surface area contributed by atoms with Gasteiger partial charge in [0.2, 0.25) is 0 Å². The smallest absolute Gasteiger partial charge is 0.0782 e. The lowest BCUT2D eigenvalue weighted by atomic mass is 10.0. The number of unbranched alkanes of at least 4 members (excludes halogenated alkanes) is 21. The van der Waals surface area contributed by atoms with Crippen LogP contribution >= 0.6 is 0 Å². The fraction of sp³-hybridized carbons (Fsp3) is 1.00. The van der Waals surface area contributed by atoms with E-state index in [9.17, 15) is 0 Å². The van der Waals surface area contributed by atoms with Gasteiger partial charge in [-0.25, -0.2) is 0 Å². The molecule has 0 radical (unpaired) electrons. The zero-order chi connectivity index (χ0) is 26.8. The molecule has 0 amide bonds. The van der Waals surface area contributed by atoms with Gasteiger partial charge >= 0.3 is 0 Å². The Balaban J connectivity index is 3.49. The van der Waals surface area contributed by atoms with Crippen molar-refractivity contribution in [1.29, 1.82) is 0 Å². The van der Waals surface area contributed by atoms with Crippen LogP contribution in [0.2, 0.25) is 0 Å². The van der Waals surface area contributed by atoms with Crippen molar-refractivity contribution in [2.24, 2.45) is 0 Å². The minimum Gasteiger partial charge on any atom is -0.328 e. The second kappa shape index (κ2) is 25.2. The van der Waals surface area contributed by atoms with Gasteiger partial charge in [-0.3, -0.25) is 0 Å². The SMILES string of the molecule is CCCCCCCCCCCCCCCC[N+](C)(C)CCCCCC[N+](C)(C)CCCCCCCC. The van der Waals surface area contributed by atoms with Crippen molar-refractivity contribution in [2.45, 2.75) is 168 Å². The van der Waals surface area contributed by atoms with Crippen LogP contribution in [0.4, 0.5) is 0 Å². The summed E-state index contributed by atoms with van der Waals surface area (Å²) in [5, 5.41) is 0. The first-order valence-corrected chi connectivity index (χ1v) is 17.0. The maximum atomic E-state index is 2.46. The molecule has 0 aromatic heterocycles. The van der Waals surface area contributed by atoms with Crippen LogP contribution in [0.15, 0.2) is 0 Å². The molecule has 0 aromatic carbocycles. The lowest BCUT2D eigenvalue weighted by Gasteiger charge is -2.31. The summed E-state index contributed by atoms with van der Waals surface area (Å²) in [7, 11) is 9.82. The molecule has 0 aromatic rings. The van der Waals surface area contributed by atoms with Crippen LogP contribution < -0.4 is 0 Å². The van der Waals surface area contributed by atoms with Crippen LogP contribution in [-0.2, 0) is 0 Å². The molecule has 0 fully saturated rings. The van der Waals surface area contributed by atoms with E-state index < -0.39 is 0 Å². The molecule has 2 nitrogen and oxygen atoms in total. The number of nitrogens with zero attached hydrogens (tertiary/aromatic N) is 2. The van der Waals surface area contributed by atoms with E-state index in [0.29, 0.717) is 0 Å². The van der Waals surface area contributed by atoms with Gasteiger partial charge in [0.05, 0.1) is 54.4 Å². The summed E-state index contributed by atoms with van der Waals surface area (Å²) in [5.74, 6) is 0. The predicted octanol–water partition coefficient (Wildman–Crippen LogP) is 10.5. The maximum Gasteiger partial charge on any atom is 0.0782 e. The molecule has 0 aliphatic carbocycles. The van der Waals surface area contributed by atoms with E-state index in [-0.39, 0.29) is 0 Å². The lowest BCUT2D eigenvalue weighted by molar-refractivity contribution is -0.891. The van der Waals surface area contributed by atoms with E-state index in [0.717, 1.165) is 0 Å². The van der Waals surface area contributed by atoms with Crippen molar-refractivity contribution in [3.05, 3.63) is 0 Å². The molecule has 0 unspecified atom stereocenters. The van der Waals surface area contributed by atoms with Crippen molar-refractivity contribution in [1.82, 2.24) is 0 Å². The molecule has 0 aliphatic rings. The Morgan fingerprint density at radius 2 is 0.417 bits per heavy atom. The summed E-state index contributed by atoms with van der Waals surface area (Å²) < 4.78 is 2.46. The molecule has 0 atom stereocenters. The molecule has 0 heterocycles. The van der Waals surface area contributed by atoms with Gasteiger partial charge in [0.25, 0.3) is 0 Å². The van der Waals surface area contributed by atoms with E-state index in [1.165, 1.54) is 189 Å². The third-order valence-electron chi connectivity index (χ3n) is 8.51. The van der Waals surface area contributed by atoms with Gasteiger partial charge in [-0.05, 0) is 51.4 Å². The van der Waals surface area contributed by atoms with Gasteiger partial charge < -0.3 is 8.97 Å². The average molecular weight is 511 g/mol. The second-order valence-corrected chi connectivity index (χ2v) is 13.5. The predicted molar refractivity (Wildman–Crippen MR) is 166 cm³/mol. The second-order valence-electron chi connectivity index (χ2n) is 13.5. The Labute approximate surface area is 231 Å². The Morgan fingerprint density at radius 1 is 0.250 bits per heavy atom. The minimum absolute atomic E-state index is 1.23. The van der Waals surface area contributed by atoms with Crippen molar-refractivity contribution < 1.29 is 8.97 Å². The van der Waals surface area contributed by atoms with Crippen LogP contribution in [0, 0.1) is 0 Å². The third-order valence-corrected chi connectivity index (χ3v) is 8.51. The first-order chi connectivity index (χ1) is 17.3. The van der Waals surface area contributed by atoms with Crippen molar-refractivity contribution in [3.8, 4) is 0 Å². The third kappa shape index (κ3) is 27.0. The first-order valence-electron chi connectivity index (χ1n) is 17.0. The molecule has 2 heteroatoms. The molecule has 0 rings (SSSR count). The fourth-order valence-corrected chi connectivity index (χ4v) is 5.71. The molecule has 0 spiro atoms. The molecular formula is C34H74N2+2. The first kappa shape index (κ1) is 35.9. The summed E-state index contributed by atoms with van der Waals surface area (Å²) >= 11 is 0. The summed E-state index contributed by atoms with van der Waals surface area (Å²) in [4.78, 5) is 0. The van der Waals surface area contributed by atoms with Gasteiger partial charge in [0.15, 0.2) is 0 Å². The van der Waals surface area contributed by atoms with Crippen LogP contribution in [0.25, 0.3) is 0 Å². The van der Waals surface area contributed by atoms with Crippen LogP contribution in [0.5, 0.6) is 0 Å². The van der Waals surface area contributed by atoms with Gasteiger partial charge in [-0.15, -0.1) is 0 Å². The molecule has 218 valence electrons. The zero-order valence-corrected chi connectivity index (χ0v) is 26.7. The minimum atomic E-state index is 1.23. The molecular weight excluding hydrogens is 436 g/mol. The van der Waals surface area contributed by atoms with E-state index in [2.05, 4.69) is 42.0 Å². The topological polar surface area (TPSA) is 0 Å². The molecule has 0 saturated heterocycles. The van der Waals surface area contributed by atoms with Gasteiger partial charge in [0.1, 0.15) is 0 Å². The van der Waals surface area contributed by atoms with Crippen LogP contribution in [0.3, 0.4) is 0 Å². The van der Waals surface area contributed by atoms with Crippen molar-refractivity contribution >= 4 is 0 Å². The molecule has 0 N–H and O–H groups in total.